The van der Waals surface area contributed by atoms with E-state index in [1.807, 2.05) is 0 Å². The highest BCUT2D eigenvalue weighted by Gasteiger charge is 2.44. The average Bonchev–Trinajstić information content (AvgIpc) is 3.47. The molecular formula is C58H76F6N14O9Si2. The number of nitrogens with zero attached hydrogens (tertiary/aromatic N) is 11. The molecule has 6 aromatic rings. The summed E-state index contributed by atoms with van der Waals surface area (Å²) in [6.45, 7) is 17.6. The second-order valence-electron chi connectivity index (χ2n) is 25.6. The first kappa shape index (κ1) is 65.4. The number of aromatic nitrogens is 8. The fourth-order valence-electron chi connectivity index (χ4n) is 11.2. The van der Waals surface area contributed by atoms with Crippen molar-refractivity contribution in [3.05, 3.63) is 94.8 Å². The Bertz CT molecular complexity index is 3500. The van der Waals surface area contributed by atoms with Crippen molar-refractivity contribution in [1.29, 1.82) is 0 Å². The molecule has 8 atom stereocenters. The summed E-state index contributed by atoms with van der Waals surface area (Å²) in [4.78, 5) is 60.0. The number of anilines is 2. The van der Waals surface area contributed by atoms with Crippen molar-refractivity contribution in [2.75, 3.05) is 89.5 Å². The number of hydrogen-bond donors (Lipinski definition) is 5. The van der Waals surface area contributed by atoms with Gasteiger partial charge in [0.25, 0.3) is 11.8 Å². The second-order valence-corrected chi connectivity index (χ2v) is 36.9. The number of aliphatic hydroxyl groups is 2. The van der Waals surface area contributed by atoms with Crippen LogP contribution in [0.4, 0.5) is 38.0 Å². The number of carbonyl (C=O) groups is 3. The quantitative estimate of drug-likeness (QED) is 0.0361. The van der Waals surface area contributed by atoms with Crippen molar-refractivity contribution in [3.8, 4) is 0 Å². The van der Waals surface area contributed by atoms with E-state index < -0.39 is 93.9 Å². The highest BCUT2D eigenvalue weighted by atomic mass is 28.3. The largest absolute Gasteiger partial charge is 0.390 e. The molecule has 2 aromatic carbocycles. The number of hydrogen-bond acceptors (Lipinski definition) is 19. The number of benzene rings is 2. The molecule has 6 aliphatic heterocycles. The Morgan fingerprint density at radius 2 is 1.12 bits per heavy atom. The first-order valence-electron chi connectivity index (χ1n) is 29.8. The Morgan fingerprint density at radius 1 is 0.652 bits per heavy atom. The molecule has 0 unspecified atom stereocenters. The Labute approximate surface area is 511 Å². The Balaban J connectivity index is 0.000000182. The molecule has 0 spiro atoms. The van der Waals surface area contributed by atoms with Gasteiger partial charge < -0.3 is 54.9 Å². The average molecular weight is 1280 g/mol. The maximum atomic E-state index is 14.8. The smallest absolute Gasteiger partial charge is 0.275 e. The van der Waals surface area contributed by atoms with Crippen molar-refractivity contribution in [2.45, 2.75) is 132 Å². The zero-order chi connectivity index (χ0) is 63.5. The van der Waals surface area contributed by atoms with Gasteiger partial charge in [-0.1, -0.05) is 39.3 Å². The Morgan fingerprint density at radius 3 is 1.53 bits per heavy atom. The monoisotopic (exact) mass is 1280 g/mol. The zero-order valence-corrected chi connectivity index (χ0v) is 52.5. The minimum absolute atomic E-state index is 0.0138. The summed E-state index contributed by atoms with van der Waals surface area (Å²) in [5, 5.41) is 40.4. The molecular weight excluding hydrogens is 1210 g/mol. The lowest BCUT2D eigenvalue weighted by Gasteiger charge is -2.34. The maximum absolute atomic E-state index is 14.8. The van der Waals surface area contributed by atoms with Gasteiger partial charge >= 0.3 is 0 Å². The van der Waals surface area contributed by atoms with Crippen LogP contribution in [0, 0.1) is 23.3 Å². The van der Waals surface area contributed by atoms with E-state index in [0.29, 0.717) is 77.1 Å². The predicted molar refractivity (Wildman–Crippen MR) is 320 cm³/mol. The molecule has 0 bridgehead atoms. The van der Waals surface area contributed by atoms with Crippen LogP contribution in [0.15, 0.2) is 49.1 Å². The molecule has 5 N–H and O–H groups in total. The number of carbonyl (C=O) groups excluding carboxylic acids is 3. The molecule has 6 aliphatic rings. The lowest BCUT2D eigenvalue weighted by atomic mass is 10.0. The molecule has 0 aliphatic carbocycles. The van der Waals surface area contributed by atoms with Crippen LogP contribution >= 0.6 is 0 Å². The summed E-state index contributed by atoms with van der Waals surface area (Å²) in [5.41, 5.74) is 0.314. The fourth-order valence-corrected chi connectivity index (χ4v) is 12.7. The molecule has 89 heavy (non-hydrogen) atoms. The van der Waals surface area contributed by atoms with Crippen molar-refractivity contribution >= 4 is 67.4 Å². The minimum atomic E-state index is -1.44. The Hall–Kier alpha value is -6.56. The highest BCUT2D eigenvalue weighted by molar-refractivity contribution is 6.76. The molecule has 6 fully saturated rings. The van der Waals surface area contributed by atoms with E-state index in [-0.39, 0.29) is 102 Å². The molecule has 23 nitrogen and oxygen atoms in total. The summed E-state index contributed by atoms with van der Waals surface area (Å²) >= 11 is 0. The number of amides is 2. The fraction of sp³-hybridized carbons (Fsp3) is 0.569. The predicted octanol–water partition coefficient (Wildman–Crippen LogP) is 5.87. The van der Waals surface area contributed by atoms with Crippen LogP contribution in [-0.4, -0.2) is 220 Å². The minimum Gasteiger partial charge on any atom is -0.390 e. The molecule has 10 heterocycles. The molecule has 31 heteroatoms. The number of ketones is 1. The number of ether oxygens (including phenoxy) is 4. The van der Waals surface area contributed by atoms with Crippen LogP contribution in [0.2, 0.25) is 51.4 Å². The molecule has 482 valence electrons. The van der Waals surface area contributed by atoms with Crippen LogP contribution < -0.4 is 16.0 Å². The van der Waals surface area contributed by atoms with Gasteiger partial charge in [-0.15, -0.1) is 0 Å². The van der Waals surface area contributed by atoms with Crippen LogP contribution in [-0.2, 0) is 37.2 Å². The number of nitrogens with one attached hydrogen (secondary N) is 3. The third kappa shape index (κ3) is 15.6. The van der Waals surface area contributed by atoms with Crippen molar-refractivity contribution in [2.24, 2.45) is 0 Å². The van der Waals surface area contributed by atoms with Crippen molar-refractivity contribution in [3.63, 3.8) is 0 Å². The van der Waals surface area contributed by atoms with E-state index in [0.717, 1.165) is 48.5 Å². The van der Waals surface area contributed by atoms with E-state index in [1.54, 1.807) is 0 Å². The lowest BCUT2D eigenvalue weighted by Crippen LogP contribution is -2.48. The molecule has 4 aromatic heterocycles. The van der Waals surface area contributed by atoms with E-state index in [1.165, 1.54) is 31.8 Å². The number of halogens is 6. The molecule has 0 radical (unpaired) electrons. The standard InChI is InChI=1S/C29H38F3N7O4Si.C26H34F3N7O3Si.C3H4O2/c1-44(2,3)7-6-42-16-39-28-25(27(33-15-34-28)35-22-11-37(12-24(22)40)19-13-43-14-19)26(36-39)29(41)38-10-18(31)9-23(38)20-8-17(30)4-5-21(20)32;1-40(2,3)7-6-39-14-36-25-22(24(31-13-32-25)33-19-10-30-11-21(19)37)23(34-36)26(38)35-12-16(28)9-20(35)17-8-15(27)4-5-18(17)29;4-3-1-5-2-3/h4-5,8,15,18-19,22-24,40H,6-7,9-14,16H2,1-3H3,(H,33,34,35);4-5,8,13,16,19-21,30,37H,6-7,9-12,14H2,1-3H3,(H,31,32,33);1-2H2/t18-,22+,23+,24+;16-,19+,20+,21+;/m00./s1. The van der Waals surface area contributed by atoms with Crippen LogP contribution in [0.5, 0.6) is 0 Å². The normalized spacial score (nSPS) is 24.0. The summed E-state index contributed by atoms with van der Waals surface area (Å²) in [7, 11) is -2.71. The Kier molecular flexibility index (Phi) is 20.5. The highest BCUT2D eigenvalue weighted by Crippen LogP contribution is 2.40. The first-order chi connectivity index (χ1) is 42.4. The number of rotatable bonds is 19. The van der Waals surface area contributed by atoms with E-state index >= 15 is 0 Å². The molecule has 0 saturated carbocycles. The summed E-state index contributed by atoms with van der Waals surface area (Å²) < 4.78 is 112. The third-order valence-corrected chi connectivity index (χ3v) is 19.8. The first-order valence-corrected chi connectivity index (χ1v) is 37.2. The second kappa shape index (κ2) is 27.9. The summed E-state index contributed by atoms with van der Waals surface area (Å²) in [5.74, 6) is -3.37. The number of likely N-dealkylation sites (tertiary alicyclic amines) is 3. The van der Waals surface area contributed by atoms with E-state index in [2.05, 4.69) is 95.0 Å². The number of fused-ring (bicyclic) bond motifs is 2. The lowest BCUT2D eigenvalue weighted by molar-refractivity contribution is -0.140. The molecule has 6 saturated heterocycles. The summed E-state index contributed by atoms with van der Waals surface area (Å²) in [6, 6.07) is 5.15. The number of aliphatic hydroxyl groups excluding tert-OH is 2. The van der Waals surface area contributed by atoms with Gasteiger partial charge in [0.1, 0.15) is 86.6 Å². The molecule has 12 rings (SSSR count). The van der Waals surface area contributed by atoms with Crippen molar-refractivity contribution < 1.29 is 69.9 Å². The van der Waals surface area contributed by atoms with Gasteiger partial charge in [-0.05, 0) is 48.5 Å². The van der Waals surface area contributed by atoms with Gasteiger partial charge in [0, 0.05) is 79.5 Å². The van der Waals surface area contributed by atoms with Crippen LogP contribution in [0.25, 0.3) is 22.1 Å². The summed E-state index contributed by atoms with van der Waals surface area (Å²) in [6.07, 6.45) is -1.94. The number of β-amino-alcohol motifs (C(OH)–C–C–N with tert-alkyl or cyclic N) is 2. The van der Waals surface area contributed by atoms with Crippen LogP contribution in [0.1, 0.15) is 57.0 Å². The van der Waals surface area contributed by atoms with Gasteiger partial charge in [0.05, 0.1) is 79.5 Å². The van der Waals surface area contributed by atoms with Gasteiger partial charge in [0.15, 0.2) is 28.5 Å². The van der Waals surface area contributed by atoms with Gasteiger partial charge in [0.2, 0.25) is 0 Å². The van der Waals surface area contributed by atoms with Gasteiger partial charge in [-0.2, -0.15) is 10.2 Å². The number of Topliss-reactive ketones (excluding diaryl/α,β-unsaturated/α-hetero) is 1. The van der Waals surface area contributed by atoms with Gasteiger partial charge in [-0.25, -0.2) is 55.6 Å². The third-order valence-electron chi connectivity index (χ3n) is 16.3. The molecule has 2 amide bonds. The topological polar surface area (TPSA) is 262 Å². The van der Waals surface area contributed by atoms with E-state index in [9.17, 15) is 50.9 Å². The van der Waals surface area contributed by atoms with Crippen molar-refractivity contribution in [1.82, 2.24) is 59.5 Å². The zero-order valence-electron chi connectivity index (χ0n) is 50.5. The van der Waals surface area contributed by atoms with Crippen LogP contribution in [0.3, 0.4) is 0 Å². The van der Waals surface area contributed by atoms with Gasteiger partial charge in [-0.3, -0.25) is 19.3 Å². The van der Waals surface area contributed by atoms with E-state index in [4.69, 9.17) is 14.2 Å². The SMILES string of the molecule is C[Si](C)(C)CCOCn1nc(C(=O)N2C[C@@H](F)C[C@@H]2c2cc(F)ccc2F)c2c(N[C@@H]3CN(C4COC4)C[C@H]3O)ncnc21.C[Si](C)(C)CCOCn1nc(C(=O)N2C[C@@H](F)C[C@@H]2c2cc(F)ccc2F)c2c(N[C@@H]3CNC[C@H]3O)ncnc21.O=C1COC1. The maximum Gasteiger partial charge on any atom is 0.275 e. The number of alkyl halides is 2.